The van der Waals surface area contributed by atoms with Crippen molar-refractivity contribution in [3.05, 3.63) is 24.0 Å². The fourth-order valence-corrected chi connectivity index (χ4v) is 4.88. The van der Waals surface area contributed by atoms with Gasteiger partial charge in [0, 0.05) is 24.7 Å². The normalized spacial score (nSPS) is 30.6. The molecule has 0 amide bonds. The van der Waals surface area contributed by atoms with Crippen molar-refractivity contribution < 1.29 is 17.9 Å². The van der Waals surface area contributed by atoms with Gasteiger partial charge in [0.1, 0.15) is 10.7 Å². The Morgan fingerprint density at radius 2 is 2.05 bits per heavy atom. The average Bonchev–Trinajstić information content (AvgIpc) is 2.95. The minimum Gasteiger partial charge on any atom is -0.399 e. The molecule has 3 N–H and O–H groups in total. The van der Waals surface area contributed by atoms with Crippen LogP contribution in [0.3, 0.4) is 0 Å². The number of aliphatic hydroxyl groups is 1. The van der Waals surface area contributed by atoms with Gasteiger partial charge >= 0.3 is 0 Å². The number of sulfonamides is 1. The van der Waals surface area contributed by atoms with Crippen molar-refractivity contribution in [2.45, 2.75) is 23.8 Å². The maximum absolute atomic E-state index is 13.8. The summed E-state index contributed by atoms with van der Waals surface area (Å²) in [5.41, 5.74) is 5.76. The van der Waals surface area contributed by atoms with Gasteiger partial charge in [0.2, 0.25) is 10.0 Å². The lowest BCUT2D eigenvalue weighted by Gasteiger charge is -2.18. The maximum Gasteiger partial charge on any atom is 0.246 e. The van der Waals surface area contributed by atoms with Gasteiger partial charge in [0.15, 0.2) is 0 Å². The van der Waals surface area contributed by atoms with E-state index in [4.69, 9.17) is 5.73 Å². The molecule has 1 saturated heterocycles. The number of nitrogens with two attached hydrogens (primary N) is 1. The molecule has 1 heterocycles. The topological polar surface area (TPSA) is 83.6 Å². The number of halogens is 1. The van der Waals surface area contributed by atoms with Gasteiger partial charge in [-0.1, -0.05) is 0 Å². The molecule has 20 heavy (non-hydrogen) atoms. The Hall–Kier alpha value is -1.18. The van der Waals surface area contributed by atoms with Crippen LogP contribution in [0.1, 0.15) is 12.8 Å². The lowest BCUT2D eigenvalue weighted by molar-refractivity contribution is 0.129. The van der Waals surface area contributed by atoms with Crippen LogP contribution in [0, 0.1) is 17.7 Å². The monoisotopic (exact) mass is 300 g/mol. The SMILES string of the molecule is Nc1ccc(F)c(S(=O)(=O)N2CC3CCC(O)C3C2)c1. The van der Waals surface area contributed by atoms with E-state index in [1.165, 1.54) is 10.4 Å². The fraction of sp³-hybridized carbons (Fsp3) is 0.538. The molecule has 1 aromatic carbocycles. The highest BCUT2D eigenvalue weighted by Crippen LogP contribution is 2.40. The second kappa shape index (κ2) is 4.68. The summed E-state index contributed by atoms with van der Waals surface area (Å²) in [6, 6.07) is 3.54. The first-order chi connectivity index (χ1) is 9.39. The first kappa shape index (κ1) is 13.8. The largest absolute Gasteiger partial charge is 0.399 e. The van der Waals surface area contributed by atoms with Gasteiger partial charge in [-0.05, 0) is 37.0 Å². The quantitative estimate of drug-likeness (QED) is 0.791. The summed E-state index contributed by atoms with van der Waals surface area (Å²) in [4.78, 5) is -0.382. The van der Waals surface area contributed by atoms with Crippen LogP contribution in [0.5, 0.6) is 0 Å². The molecule has 5 nitrogen and oxygen atoms in total. The maximum atomic E-state index is 13.8. The van der Waals surface area contributed by atoms with Crippen molar-refractivity contribution >= 4 is 15.7 Å². The molecule has 2 fully saturated rings. The third-order valence-corrected chi connectivity index (χ3v) is 6.21. The molecule has 0 spiro atoms. The summed E-state index contributed by atoms with van der Waals surface area (Å²) in [7, 11) is -3.89. The number of hydrogen-bond acceptors (Lipinski definition) is 4. The lowest BCUT2D eigenvalue weighted by atomic mass is 10.00. The third kappa shape index (κ3) is 2.10. The molecule has 1 aliphatic heterocycles. The number of hydrogen-bond donors (Lipinski definition) is 2. The summed E-state index contributed by atoms with van der Waals surface area (Å²) in [5.74, 6) is -0.658. The molecule has 3 rings (SSSR count). The second-order valence-corrected chi connectivity index (χ2v) is 7.49. The lowest BCUT2D eigenvalue weighted by Crippen LogP contribution is -2.31. The molecule has 3 unspecified atom stereocenters. The number of anilines is 1. The van der Waals surface area contributed by atoms with E-state index in [-0.39, 0.29) is 29.0 Å². The van der Waals surface area contributed by atoms with Crippen LogP contribution in [-0.4, -0.2) is 37.0 Å². The fourth-order valence-electron chi connectivity index (χ4n) is 3.25. The van der Waals surface area contributed by atoms with E-state index in [1.54, 1.807) is 0 Å². The molecule has 1 aliphatic carbocycles. The standard InChI is InChI=1S/C13H17FN2O3S/c14-11-3-2-9(15)5-13(11)20(18,19)16-6-8-1-4-12(17)10(8)7-16/h2-3,5,8,10,12,17H,1,4,6-7,15H2. The predicted molar refractivity (Wildman–Crippen MR) is 71.8 cm³/mol. The predicted octanol–water partition coefficient (Wildman–Crippen LogP) is 0.799. The molecule has 1 aromatic rings. The Morgan fingerprint density at radius 3 is 2.75 bits per heavy atom. The van der Waals surface area contributed by atoms with Gasteiger partial charge in [-0.2, -0.15) is 4.31 Å². The van der Waals surface area contributed by atoms with Crippen molar-refractivity contribution in [3.63, 3.8) is 0 Å². The van der Waals surface area contributed by atoms with Crippen LogP contribution < -0.4 is 5.73 Å². The zero-order valence-electron chi connectivity index (χ0n) is 10.9. The molecule has 0 bridgehead atoms. The van der Waals surface area contributed by atoms with Gasteiger partial charge in [0.05, 0.1) is 6.10 Å². The Balaban J connectivity index is 1.92. The van der Waals surface area contributed by atoms with Gasteiger partial charge in [-0.15, -0.1) is 0 Å². The van der Waals surface area contributed by atoms with Crippen molar-refractivity contribution in [1.29, 1.82) is 0 Å². The van der Waals surface area contributed by atoms with Crippen LogP contribution in [0.4, 0.5) is 10.1 Å². The van der Waals surface area contributed by atoms with Gasteiger partial charge in [0.25, 0.3) is 0 Å². The van der Waals surface area contributed by atoms with Crippen molar-refractivity contribution in [2.24, 2.45) is 11.8 Å². The first-order valence-corrected chi connectivity index (χ1v) is 8.07. The number of benzene rings is 1. The highest BCUT2D eigenvalue weighted by molar-refractivity contribution is 7.89. The summed E-state index contributed by atoms with van der Waals surface area (Å²) in [5, 5.41) is 9.84. The highest BCUT2D eigenvalue weighted by Gasteiger charge is 2.46. The smallest absolute Gasteiger partial charge is 0.246 e. The van der Waals surface area contributed by atoms with Crippen molar-refractivity contribution in [3.8, 4) is 0 Å². The first-order valence-electron chi connectivity index (χ1n) is 6.63. The Kier molecular flexibility index (Phi) is 3.23. The van der Waals surface area contributed by atoms with E-state index in [0.29, 0.717) is 6.54 Å². The molecule has 3 atom stereocenters. The molecular formula is C13H17FN2O3S. The Labute approximate surface area is 117 Å². The van der Waals surface area contributed by atoms with E-state index in [1.807, 2.05) is 0 Å². The summed E-state index contributed by atoms with van der Waals surface area (Å²) in [6.07, 6.45) is 1.08. The number of rotatable bonds is 2. The Morgan fingerprint density at radius 1 is 1.30 bits per heavy atom. The van der Waals surface area contributed by atoms with Crippen LogP contribution in [-0.2, 0) is 10.0 Å². The molecule has 7 heteroatoms. The van der Waals surface area contributed by atoms with E-state index in [2.05, 4.69) is 0 Å². The van der Waals surface area contributed by atoms with Crippen LogP contribution in [0.25, 0.3) is 0 Å². The molecule has 110 valence electrons. The minimum absolute atomic E-state index is 0.0334. The van der Waals surface area contributed by atoms with E-state index >= 15 is 0 Å². The number of nitrogens with zero attached hydrogens (tertiary/aromatic N) is 1. The molecule has 2 aliphatic rings. The number of nitrogen functional groups attached to an aromatic ring is 1. The zero-order valence-corrected chi connectivity index (χ0v) is 11.7. The van der Waals surface area contributed by atoms with Crippen LogP contribution >= 0.6 is 0 Å². The minimum atomic E-state index is -3.89. The molecule has 0 aromatic heterocycles. The highest BCUT2D eigenvalue weighted by atomic mass is 32.2. The molecule has 0 radical (unpaired) electrons. The second-order valence-electron chi connectivity index (χ2n) is 5.58. The molecular weight excluding hydrogens is 283 g/mol. The van der Waals surface area contributed by atoms with Gasteiger partial charge in [-0.3, -0.25) is 0 Å². The van der Waals surface area contributed by atoms with Gasteiger partial charge < -0.3 is 10.8 Å². The Bertz CT molecular complexity index is 635. The van der Waals surface area contributed by atoms with E-state index in [9.17, 15) is 17.9 Å². The molecule has 1 saturated carbocycles. The number of fused-ring (bicyclic) bond motifs is 1. The summed E-state index contributed by atoms with van der Waals surface area (Å²) < 4.78 is 40.0. The summed E-state index contributed by atoms with van der Waals surface area (Å²) in [6.45, 7) is 0.598. The zero-order chi connectivity index (χ0) is 14.5. The average molecular weight is 300 g/mol. The third-order valence-electron chi connectivity index (χ3n) is 4.36. The van der Waals surface area contributed by atoms with E-state index in [0.717, 1.165) is 25.0 Å². The van der Waals surface area contributed by atoms with Crippen LogP contribution in [0.15, 0.2) is 23.1 Å². The van der Waals surface area contributed by atoms with Crippen molar-refractivity contribution in [2.75, 3.05) is 18.8 Å². The van der Waals surface area contributed by atoms with Crippen molar-refractivity contribution in [1.82, 2.24) is 4.31 Å². The van der Waals surface area contributed by atoms with Gasteiger partial charge in [-0.25, -0.2) is 12.8 Å². The number of aliphatic hydroxyl groups excluding tert-OH is 1. The van der Waals surface area contributed by atoms with Crippen LogP contribution in [0.2, 0.25) is 0 Å². The summed E-state index contributed by atoms with van der Waals surface area (Å²) >= 11 is 0. The van der Waals surface area contributed by atoms with E-state index < -0.39 is 21.9 Å².